The van der Waals surface area contributed by atoms with Crippen molar-refractivity contribution in [2.24, 2.45) is 0 Å². The van der Waals surface area contributed by atoms with Crippen LogP contribution in [0.4, 0.5) is 5.69 Å². The Balaban J connectivity index is 2.82. The van der Waals surface area contributed by atoms with E-state index in [9.17, 15) is 4.79 Å². The minimum Gasteiger partial charge on any atom is -0.395 e. The van der Waals surface area contributed by atoms with Gasteiger partial charge < -0.3 is 15.7 Å². The van der Waals surface area contributed by atoms with Crippen molar-refractivity contribution in [2.75, 3.05) is 25.0 Å². The molecule has 1 aromatic carbocycles. The van der Waals surface area contributed by atoms with Crippen LogP contribution in [-0.4, -0.2) is 30.7 Å². The molecule has 0 fully saturated rings. The Kier molecular flexibility index (Phi) is 6.70. The molecule has 0 bridgehead atoms. The van der Waals surface area contributed by atoms with E-state index in [1.807, 2.05) is 13.0 Å². The predicted molar refractivity (Wildman–Crippen MR) is 78.9 cm³/mol. The minimum absolute atomic E-state index is 0.0845. The van der Waals surface area contributed by atoms with Gasteiger partial charge in [0, 0.05) is 28.4 Å². The number of halogens is 2. The summed E-state index contributed by atoms with van der Waals surface area (Å²) in [6.07, 6.45) is 0. The standard InChI is InChI=1S/C13H16Cl2N2O2/c1-9-11(13(19)16-5-6-18)3-2-4-12(9)17-8-10(15)7-14/h2-4,7,17-18H,5-6,8H2,1H3,(H,16,19)/b10-7-. The molecule has 0 unspecified atom stereocenters. The van der Waals surface area contributed by atoms with Crippen molar-refractivity contribution in [1.82, 2.24) is 5.32 Å². The molecule has 19 heavy (non-hydrogen) atoms. The second-order valence-electron chi connectivity index (χ2n) is 3.87. The van der Waals surface area contributed by atoms with Gasteiger partial charge in [-0.05, 0) is 24.6 Å². The van der Waals surface area contributed by atoms with E-state index in [-0.39, 0.29) is 19.1 Å². The highest BCUT2D eigenvalue weighted by molar-refractivity contribution is 6.36. The van der Waals surface area contributed by atoms with Gasteiger partial charge in [-0.2, -0.15) is 0 Å². The molecule has 0 saturated carbocycles. The van der Waals surface area contributed by atoms with E-state index < -0.39 is 0 Å². The van der Waals surface area contributed by atoms with Gasteiger partial charge in [0.25, 0.3) is 5.91 Å². The fourth-order valence-electron chi connectivity index (χ4n) is 1.56. The summed E-state index contributed by atoms with van der Waals surface area (Å²) in [5.74, 6) is -0.214. The highest BCUT2D eigenvalue weighted by atomic mass is 35.5. The monoisotopic (exact) mass is 302 g/mol. The highest BCUT2D eigenvalue weighted by Gasteiger charge is 2.10. The van der Waals surface area contributed by atoms with Crippen molar-refractivity contribution >= 4 is 34.8 Å². The Hall–Kier alpha value is -1.23. The topological polar surface area (TPSA) is 61.4 Å². The van der Waals surface area contributed by atoms with Gasteiger partial charge in [-0.1, -0.05) is 29.3 Å². The number of aliphatic hydroxyl groups excluding tert-OH is 1. The van der Waals surface area contributed by atoms with E-state index in [1.54, 1.807) is 12.1 Å². The minimum atomic E-state index is -0.214. The molecule has 0 spiro atoms. The summed E-state index contributed by atoms with van der Waals surface area (Å²) in [5, 5.41) is 14.9. The fourth-order valence-corrected chi connectivity index (χ4v) is 1.70. The van der Waals surface area contributed by atoms with Crippen LogP contribution in [-0.2, 0) is 0 Å². The summed E-state index contributed by atoms with van der Waals surface area (Å²) in [7, 11) is 0. The van der Waals surface area contributed by atoms with Gasteiger partial charge in [0.15, 0.2) is 0 Å². The Morgan fingerprint density at radius 3 is 2.84 bits per heavy atom. The number of anilines is 1. The molecule has 4 nitrogen and oxygen atoms in total. The van der Waals surface area contributed by atoms with Gasteiger partial charge in [0.2, 0.25) is 0 Å². The van der Waals surface area contributed by atoms with Crippen LogP contribution in [0.3, 0.4) is 0 Å². The summed E-state index contributed by atoms with van der Waals surface area (Å²) in [6.45, 7) is 2.39. The molecular weight excluding hydrogens is 287 g/mol. The Bertz CT molecular complexity index is 476. The third-order valence-corrected chi connectivity index (χ3v) is 3.16. The molecule has 0 atom stereocenters. The van der Waals surface area contributed by atoms with Crippen molar-refractivity contribution in [3.8, 4) is 0 Å². The lowest BCUT2D eigenvalue weighted by Crippen LogP contribution is -2.27. The lowest BCUT2D eigenvalue weighted by molar-refractivity contribution is 0.0944. The smallest absolute Gasteiger partial charge is 0.251 e. The number of aliphatic hydroxyl groups is 1. The van der Waals surface area contributed by atoms with Crippen LogP contribution in [0, 0.1) is 6.92 Å². The third-order valence-electron chi connectivity index (χ3n) is 2.54. The maximum atomic E-state index is 11.9. The van der Waals surface area contributed by atoms with Crippen molar-refractivity contribution in [2.45, 2.75) is 6.92 Å². The Morgan fingerprint density at radius 2 is 2.21 bits per heavy atom. The Labute approximate surface area is 122 Å². The first kappa shape index (κ1) is 15.8. The maximum Gasteiger partial charge on any atom is 0.251 e. The van der Waals surface area contributed by atoms with Crippen molar-refractivity contribution in [3.05, 3.63) is 39.9 Å². The van der Waals surface area contributed by atoms with Crippen LogP contribution in [0.25, 0.3) is 0 Å². The number of nitrogens with one attached hydrogen (secondary N) is 2. The molecule has 0 aliphatic heterocycles. The zero-order valence-electron chi connectivity index (χ0n) is 10.5. The van der Waals surface area contributed by atoms with Crippen molar-refractivity contribution in [1.29, 1.82) is 0 Å². The number of carbonyl (C=O) groups excluding carboxylic acids is 1. The summed E-state index contributed by atoms with van der Waals surface area (Å²) in [5.41, 5.74) is 3.48. The van der Waals surface area contributed by atoms with Gasteiger partial charge in [0.05, 0.1) is 13.2 Å². The average molecular weight is 303 g/mol. The normalized spacial score (nSPS) is 11.3. The maximum absolute atomic E-state index is 11.9. The SMILES string of the molecule is Cc1c(NC/C(Cl)=C/Cl)cccc1C(=O)NCCO. The predicted octanol–water partition coefficient (Wildman–Crippen LogP) is 2.45. The molecule has 0 aliphatic carbocycles. The summed E-state index contributed by atoms with van der Waals surface area (Å²) < 4.78 is 0. The highest BCUT2D eigenvalue weighted by Crippen LogP contribution is 2.19. The fraction of sp³-hybridized carbons (Fsp3) is 0.308. The van der Waals surface area contributed by atoms with Crippen molar-refractivity contribution in [3.63, 3.8) is 0 Å². The van der Waals surface area contributed by atoms with Gasteiger partial charge in [-0.25, -0.2) is 0 Å². The second-order valence-corrected chi connectivity index (χ2v) is 4.57. The summed E-state index contributed by atoms with van der Waals surface area (Å²) in [4.78, 5) is 11.9. The zero-order chi connectivity index (χ0) is 14.3. The van der Waals surface area contributed by atoms with E-state index >= 15 is 0 Å². The van der Waals surface area contributed by atoms with Gasteiger partial charge in [0.1, 0.15) is 0 Å². The molecule has 0 saturated heterocycles. The van der Waals surface area contributed by atoms with Crippen molar-refractivity contribution < 1.29 is 9.90 Å². The second kappa shape index (κ2) is 8.04. The van der Waals surface area contributed by atoms with Crippen LogP contribution >= 0.6 is 23.2 Å². The summed E-state index contributed by atoms with van der Waals surface area (Å²) in [6, 6.07) is 5.37. The van der Waals surface area contributed by atoms with Gasteiger partial charge in [-0.15, -0.1) is 0 Å². The number of carbonyl (C=O) groups is 1. The van der Waals surface area contributed by atoms with Gasteiger partial charge >= 0.3 is 0 Å². The number of amides is 1. The first-order valence-corrected chi connectivity index (χ1v) is 6.59. The molecule has 3 N–H and O–H groups in total. The molecule has 0 heterocycles. The molecule has 0 aliphatic rings. The molecule has 0 aromatic heterocycles. The van der Waals surface area contributed by atoms with Crippen LogP contribution in [0.15, 0.2) is 28.8 Å². The number of rotatable bonds is 6. The first-order valence-electron chi connectivity index (χ1n) is 5.77. The van der Waals surface area contributed by atoms with E-state index in [2.05, 4.69) is 10.6 Å². The molecule has 0 radical (unpaired) electrons. The Morgan fingerprint density at radius 1 is 1.47 bits per heavy atom. The number of hydrogen-bond acceptors (Lipinski definition) is 3. The lowest BCUT2D eigenvalue weighted by Gasteiger charge is -2.12. The van der Waals surface area contributed by atoms with Crippen LogP contribution < -0.4 is 10.6 Å². The van der Waals surface area contributed by atoms with Crippen LogP contribution in [0.1, 0.15) is 15.9 Å². The molecule has 1 aromatic rings. The third kappa shape index (κ3) is 4.74. The largest absolute Gasteiger partial charge is 0.395 e. The van der Waals surface area contributed by atoms with E-state index in [0.29, 0.717) is 17.1 Å². The van der Waals surface area contributed by atoms with E-state index in [4.69, 9.17) is 28.3 Å². The van der Waals surface area contributed by atoms with E-state index in [1.165, 1.54) is 5.54 Å². The quantitative estimate of drug-likeness (QED) is 0.756. The molecular formula is C13H16Cl2N2O2. The lowest BCUT2D eigenvalue weighted by atomic mass is 10.1. The average Bonchev–Trinajstić information content (AvgIpc) is 2.43. The van der Waals surface area contributed by atoms with Gasteiger partial charge in [-0.3, -0.25) is 4.79 Å². The molecule has 6 heteroatoms. The van der Waals surface area contributed by atoms with E-state index in [0.717, 1.165) is 11.3 Å². The molecule has 1 amide bonds. The van der Waals surface area contributed by atoms with Crippen LogP contribution in [0.2, 0.25) is 0 Å². The molecule has 104 valence electrons. The number of benzene rings is 1. The first-order chi connectivity index (χ1) is 9.10. The number of hydrogen-bond donors (Lipinski definition) is 3. The van der Waals surface area contributed by atoms with Crippen LogP contribution in [0.5, 0.6) is 0 Å². The zero-order valence-corrected chi connectivity index (χ0v) is 12.1. The molecule has 1 rings (SSSR count). The summed E-state index contributed by atoms with van der Waals surface area (Å²) >= 11 is 11.3.